The first kappa shape index (κ1) is 21.4. The maximum absolute atomic E-state index is 11.9. The fourth-order valence-corrected chi connectivity index (χ4v) is 3.23. The number of hydrogen-bond acceptors (Lipinski definition) is 5. The van der Waals surface area contributed by atoms with Crippen molar-refractivity contribution in [3.63, 3.8) is 0 Å². The molecule has 1 aromatic carbocycles. The molecular formula is C20H29ClN2O4. The van der Waals surface area contributed by atoms with Crippen LogP contribution >= 0.6 is 11.6 Å². The third-order valence-corrected chi connectivity index (χ3v) is 4.61. The molecule has 0 spiro atoms. The van der Waals surface area contributed by atoms with Gasteiger partial charge < -0.3 is 20.1 Å². The summed E-state index contributed by atoms with van der Waals surface area (Å²) in [5.41, 5.74) is 0.707. The van der Waals surface area contributed by atoms with Gasteiger partial charge in [-0.05, 0) is 71.6 Å². The van der Waals surface area contributed by atoms with E-state index in [2.05, 4.69) is 10.6 Å². The van der Waals surface area contributed by atoms with Gasteiger partial charge in [0, 0.05) is 12.1 Å². The number of alkyl carbamates (subject to hydrolysis) is 1. The lowest BCUT2D eigenvalue weighted by molar-refractivity contribution is 0.0489. The SMILES string of the molecule is CCOC(=O)c1ccc(Cl)c(N[C@H]2CC[C@@H](NC(=O)OC(C)(C)C)CC2)c1. The predicted molar refractivity (Wildman–Crippen MR) is 106 cm³/mol. The zero-order valence-electron chi connectivity index (χ0n) is 16.4. The number of ether oxygens (including phenoxy) is 2. The highest BCUT2D eigenvalue weighted by molar-refractivity contribution is 6.33. The van der Waals surface area contributed by atoms with Gasteiger partial charge in [-0.15, -0.1) is 0 Å². The summed E-state index contributed by atoms with van der Waals surface area (Å²) in [4.78, 5) is 23.8. The number of nitrogens with one attached hydrogen (secondary N) is 2. The lowest BCUT2D eigenvalue weighted by Gasteiger charge is -2.31. The van der Waals surface area contributed by atoms with Gasteiger partial charge in [-0.25, -0.2) is 9.59 Å². The summed E-state index contributed by atoms with van der Waals surface area (Å²) in [5, 5.41) is 6.91. The summed E-state index contributed by atoms with van der Waals surface area (Å²) in [6, 6.07) is 5.43. The minimum absolute atomic E-state index is 0.110. The Hall–Kier alpha value is -1.95. The third-order valence-electron chi connectivity index (χ3n) is 4.29. The molecule has 0 heterocycles. The summed E-state index contributed by atoms with van der Waals surface area (Å²) < 4.78 is 10.3. The minimum Gasteiger partial charge on any atom is -0.462 e. The first-order chi connectivity index (χ1) is 12.7. The van der Waals surface area contributed by atoms with E-state index in [1.807, 2.05) is 20.8 Å². The average molecular weight is 397 g/mol. The van der Waals surface area contributed by atoms with Gasteiger partial charge in [0.15, 0.2) is 0 Å². The van der Waals surface area contributed by atoms with Crippen molar-refractivity contribution in [2.24, 2.45) is 0 Å². The van der Waals surface area contributed by atoms with Crippen LogP contribution in [0.25, 0.3) is 0 Å². The maximum Gasteiger partial charge on any atom is 0.407 e. The fraction of sp³-hybridized carbons (Fsp3) is 0.600. The number of amides is 1. The zero-order chi connectivity index (χ0) is 20.0. The van der Waals surface area contributed by atoms with Crippen LogP contribution in [0.5, 0.6) is 0 Å². The second-order valence-corrected chi connectivity index (χ2v) is 8.16. The lowest BCUT2D eigenvalue weighted by Crippen LogP contribution is -2.42. The normalized spacial score (nSPS) is 19.9. The van der Waals surface area contributed by atoms with Crippen molar-refractivity contribution in [3.8, 4) is 0 Å². The second kappa shape index (κ2) is 9.31. The number of rotatable bonds is 5. The number of benzene rings is 1. The molecule has 0 aliphatic heterocycles. The van der Waals surface area contributed by atoms with Gasteiger partial charge in [-0.2, -0.15) is 0 Å². The molecule has 150 valence electrons. The zero-order valence-corrected chi connectivity index (χ0v) is 17.2. The molecule has 2 rings (SSSR count). The van der Waals surface area contributed by atoms with Crippen LogP contribution in [0.4, 0.5) is 10.5 Å². The molecule has 0 unspecified atom stereocenters. The Labute approximate surface area is 165 Å². The molecule has 1 aromatic rings. The van der Waals surface area contributed by atoms with Crippen LogP contribution in [0.2, 0.25) is 5.02 Å². The van der Waals surface area contributed by atoms with E-state index < -0.39 is 5.60 Å². The number of carbonyl (C=O) groups is 2. The molecule has 7 heteroatoms. The van der Waals surface area contributed by atoms with E-state index in [-0.39, 0.29) is 24.1 Å². The monoisotopic (exact) mass is 396 g/mol. The average Bonchev–Trinajstić information content (AvgIpc) is 2.57. The van der Waals surface area contributed by atoms with Crippen molar-refractivity contribution >= 4 is 29.4 Å². The Bertz CT molecular complexity index is 664. The van der Waals surface area contributed by atoms with Gasteiger partial charge >= 0.3 is 12.1 Å². The van der Waals surface area contributed by atoms with E-state index in [1.54, 1.807) is 25.1 Å². The molecule has 0 bridgehead atoms. The highest BCUT2D eigenvalue weighted by atomic mass is 35.5. The molecule has 0 saturated heterocycles. The first-order valence-electron chi connectivity index (χ1n) is 9.40. The molecular weight excluding hydrogens is 368 g/mol. The summed E-state index contributed by atoms with van der Waals surface area (Å²) in [6.07, 6.45) is 3.11. The van der Waals surface area contributed by atoms with Crippen LogP contribution in [-0.4, -0.2) is 36.4 Å². The smallest absolute Gasteiger partial charge is 0.407 e. The van der Waals surface area contributed by atoms with Crippen molar-refractivity contribution in [2.45, 2.75) is 71.1 Å². The predicted octanol–water partition coefficient (Wildman–Crippen LogP) is 4.76. The van der Waals surface area contributed by atoms with E-state index in [9.17, 15) is 9.59 Å². The molecule has 0 radical (unpaired) electrons. The molecule has 0 atom stereocenters. The van der Waals surface area contributed by atoms with Gasteiger partial charge in [0.05, 0.1) is 22.9 Å². The Morgan fingerprint density at radius 2 is 1.78 bits per heavy atom. The molecule has 1 aliphatic rings. The highest BCUT2D eigenvalue weighted by Gasteiger charge is 2.25. The van der Waals surface area contributed by atoms with Crippen molar-refractivity contribution in [1.82, 2.24) is 5.32 Å². The highest BCUT2D eigenvalue weighted by Crippen LogP contribution is 2.28. The Kier molecular flexibility index (Phi) is 7.36. The van der Waals surface area contributed by atoms with Crippen molar-refractivity contribution in [1.29, 1.82) is 0 Å². The van der Waals surface area contributed by atoms with Crippen LogP contribution in [0.3, 0.4) is 0 Å². The molecule has 1 saturated carbocycles. The first-order valence-corrected chi connectivity index (χ1v) is 9.78. The van der Waals surface area contributed by atoms with Crippen LogP contribution in [0.15, 0.2) is 18.2 Å². The van der Waals surface area contributed by atoms with E-state index in [4.69, 9.17) is 21.1 Å². The minimum atomic E-state index is -0.496. The summed E-state index contributed by atoms with van der Waals surface area (Å²) in [5.74, 6) is -0.359. The molecule has 6 nitrogen and oxygen atoms in total. The van der Waals surface area contributed by atoms with Crippen molar-refractivity contribution in [3.05, 3.63) is 28.8 Å². The van der Waals surface area contributed by atoms with Gasteiger partial charge in [0.2, 0.25) is 0 Å². The van der Waals surface area contributed by atoms with E-state index in [1.165, 1.54) is 0 Å². The standard InChI is InChI=1S/C20H29ClN2O4/c1-5-26-18(24)13-6-11-16(21)17(12-13)22-14-7-9-15(10-8-14)23-19(25)27-20(2,3)4/h6,11-12,14-15,22H,5,7-10H2,1-4H3,(H,23,25)/t14-,15+. The van der Waals surface area contributed by atoms with E-state index in [0.29, 0.717) is 17.2 Å². The van der Waals surface area contributed by atoms with Gasteiger partial charge in [0.25, 0.3) is 0 Å². The van der Waals surface area contributed by atoms with Gasteiger partial charge in [-0.1, -0.05) is 11.6 Å². The van der Waals surface area contributed by atoms with Crippen LogP contribution in [0.1, 0.15) is 63.7 Å². The maximum atomic E-state index is 11.9. The second-order valence-electron chi connectivity index (χ2n) is 7.75. The largest absolute Gasteiger partial charge is 0.462 e. The van der Waals surface area contributed by atoms with Crippen LogP contribution < -0.4 is 10.6 Å². The molecule has 27 heavy (non-hydrogen) atoms. The van der Waals surface area contributed by atoms with E-state index >= 15 is 0 Å². The Morgan fingerprint density at radius 3 is 2.37 bits per heavy atom. The van der Waals surface area contributed by atoms with Crippen LogP contribution in [-0.2, 0) is 9.47 Å². The van der Waals surface area contributed by atoms with Crippen LogP contribution in [0, 0.1) is 0 Å². The topological polar surface area (TPSA) is 76.7 Å². The molecule has 1 amide bonds. The third kappa shape index (κ3) is 6.94. The van der Waals surface area contributed by atoms with Crippen molar-refractivity contribution in [2.75, 3.05) is 11.9 Å². The number of esters is 1. The molecule has 2 N–H and O–H groups in total. The number of carbonyl (C=O) groups excluding carboxylic acids is 2. The molecule has 1 aliphatic carbocycles. The number of hydrogen-bond donors (Lipinski definition) is 2. The number of halogens is 1. The molecule has 1 fully saturated rings. The summed E-state index contributed by atoms with van der Waals surface area (Å²) in [7, 11) is 0. The van der Waals surface area contributed by atoms with Gasteiger partial charge in [0.1, 0.15) is 5.60 Å². The summed E-state index contributed by atoms with van der Waals surface area (Å²) in [6.45, 7) is 7.65. The Morgan fingerprint density at radius 1 is 1.15 bits per heavy atom. The van der Waals surface area contributed by atoms with Gasteiger partial charge in [-0.3, -0.25) is 0 Å². The quantitative estimate of drug-likeness (QED) is 0.701. The fourth-order valence-electron chi connectivity index (χ4n) is 3.05. The number of anilines is 1. The van der Waals surface area contributed by atoms with Crippen molar-refractivity contribution < 1.29 is 19.1 Å². The van der Waals surface area contributed by atoms with E-state index in [0.717, 1.165) is 31.4 Å². The molecule has 0 aromatic heterocycles. The summed E-state index contributed by atoms with van der Waals surface area (Å²) >= 11 is 6.27. The Balaban J connectivity index is 1.87. The lowest BCUT2D eigenvalue weighted by atomic mass is 9.91.